The number of fused-ring (bicyclic) bond motifs is 3. The van der Waals surface area contributed by atoms with Gasteiger partial charge in [-0.05, 0) is 58.5 Å². The lowest BCUT2D eigenvalue weighted by Gasteiger charge is -2.53. The highest BCUT2D eigenvalue weighted by Crippen LogP contribution is 2.57. The molecular weight excluding hydrogens is 550 g/mol. The molecule has 1 aromatic carbocycles. The van der Waals surface area contributed by atoms with Crippen LogP contribution in [0.25, 0.3) is 5.76 Å². The lowest BCUT2D eigenvalue weighted by molar-refractivity contribution is -0.159. The molecule has 1 saturated carbocycles. The van der Waals surface area contributed by atoms with E-state index in [4.69, 9.17) is 0 Å². The maximum Gasteiger partial charge on any atom is 0.307 e. The van der Waals surface area contributed by atoms with Crippen molar-refractivity contribution < 1.29 is 49.8 Å². The van der Waals surface area contributed by atoms with Crippen LogP contribution in [0.3, 0.4) is 0 Å². The van der Waals surface area contributed by atoms with Gasteiger partial charge in [0, 0.05) is 24.0 Å². The van der Waals surface area contributed by atoms with E-state index >= 15 is 0 Å². The first-order valence-corrected chi connectivity index (χ1v) is 13.8. The molecule has 13 nitrogen and oxygen atoms in total. The topological polar surface area (TPSA) is 208 Å². The molecule has 1 amide bonds. The van der Waals surface area contributed by atoms with E-state index in [-0.39, 0.29) is 30.8 Å². The number of carboxylic acid groups (broad SMARTS) is 1. The van der Waals surface area contributed by atoms with Crippen molar-refractivity contribution in [3.05, 3.63) is 46.2 Å². The van der Waals surface area contributed by atoms with Gasteiger partial charge >= 0.3 is 5.97 Å². The Bertz CT molecular complexity index is 1450. The molecule has 1 heterocycles. The van der Waals surface area contributed by atoms with E-state index in [0.29, 0.717) is 19.4 Å². The minimum Gasteiger partial charge on any atom is -0.508 e. The summed E-state index contributed by atoms with van der Waals surface area (Å²) in [6.07, 6.45) is 0.840. The Kier molecular flexibility index (Phi) is 7.21. The highest BCUT2D eigenvalue weighted by molar-refractivity contribution is 6.25. The van der Waals surface area contributed by atoms with Crippen LogP contribution in [0.4, 0.5) is 0 Å². The van der Waals surface area contributed by atoms with Gasteiger partial charge < -0.3 is 36.0 Å². The second-order valence-electron chi connectivity index (χ2n) is 12.0. The second kappa shape index (κ2) is 10.2. The van der Waals surface area contributed by atoms with Crippen molar-refractivity contribution in [3.8, 4) is 5.75 Å². The molecule has 0 bridgehead atoms. The van der Waals surface area contributed by atoms with Gasteiger partial charge in [0.25, 0.3) is 5.91 Å². The van der Waals surface area contributed by atoms with Crippen molar-refractivity contribution in [1.82, 2.24) is 15.1 Å². The van der Waals surface area contributed by atoms with Crippen molar-refractivity contribution in [3.63, 3.8) is 0 Å². The van der Waals surface area contributed by atoms with Gasteiger partial charge in [0.15, 0.2) is 11.4 Å². The summed E-state index contributed by atoms with van der Waals surface area (Å²) in [6.45, 7) is 1.93. The van der Waals surface area contributed by atoms with Crippen molar-refractivity contribution >= 4 is 29.2 Å². The summed E-state index contributed by atoms with van der Waals surface area (Å²) in [5.41, 5.74) is -5.92. The van der Waals surface area contributed by atoms with Crippen LogP contribution in [-0.4, -0.2) is 109 Å². The molecular formula is C29H35N3O10. The lowest BCUT2D eigenvalue weighted by atomic mass is 9.54. The van der Waals surface area contributed by atoms with Crippen LogP contribution in [0.15, 0.2) is 35.1 Å². The number of likely N-dealkylation sites (N-methyl/N-ethyl adjacent to an activating group) is 1. The van der Waals surface area contributed by atoms with Gasteiger partial charge in [0.2, 0.25) is 5.78 Å². The molecule has 4 aliphatic rings. The molecule has 6 atom stereocenters. The minimum atomic E-state index is -2.81. The molecule has 0 spiro atoms. The summed E-state index contributed by atoms with van der Waals surface area (Å²) < 4.78 is 0. The Labute approximate surface area is 241 Å². The van der Waals surface area contributed by atoms with E-state index in [1.807, 2.05) is 0 Å². The second-order valence-corrected chi connectivity index (χ2v) is 12.0. The molecule has 1 aromatic rings. The van der Waals surface area contributed by atoms with Gasteiger partial charge in [-0.1, -0.05) is 12.1 Å². The van der Waals surface area contributed by atoms with Crippen molar-refractivity contribution in [2.75, 3.05) is 33.9 Å². The maximum absolute atomic E-state index is 14.1. The number of Topliss-reactive ketones (excluding diaryl/α,β-unsaturated/α-hetero) is 2. The number of aromatic hydroxyl groups is 1. The van der Waals surface area contributed by atoms with Crippen molar-refractivity contribution in [2.45, 2.75) is 43.4 Å². The fourth-order valence-corrected chi connectivity index (χ4v) is 7.16. The van der Waals surface area contributed by atoms with Crippen LogP contribution in [0.5, 0.6) is 5.75 Å². The number of hydrogen-bond donors (Lipinski definition) is 7. The number of carbonyl (C=O) groups is 4. The third-order valence-corrected chi connectivity index (χ3v) is 9.32. The normalized spacial score (nSPS) is 33.3. The molecule has 1 saturated heterocycles. The standard InChI is InChI=1S/C29H35N3O10/c1-28(41)14-7-4-8-17(33)18(14)22(34)19-15(28)10-16-21(31(2)3)23(35)20(25(37)29(16,42)24(19)36)26(38)30-12-32-9-5-6-13(11-32)27(39)40/h4,7-8,13,15-16,21,33-34,37,41-42H,5-6,9-12H2,1-3H3,(H,30,38)(H,39,40)/t13?,15-,16-,21-,28+,29-/m0/s1. The average molecular weight is 586 g/mol. The SMILES string of the molecule is CN(C)[C@@H]1C(=O)C(C(=O)NCN2CCCC(C(=O)O)C2)=C(O)[C@@]2(O)C(=O)C3=C(O)c4c(O)cccc4[C@@](C)(O)[C@H]3C[C@@H]12. The molecule has 0 aromatic heterocycles. The number of amides is 1. The van der Waals surface area contributed by atoms with E-state index in [1.165, 1.54) is 44.1 Å². The number of carbonyl (C=O) groups excluding carboxylic acids is 3. The first-order chi connectivity index (χ1) is 19.6. The Morgan fingerprint density at radius 2 is 1.83 bits per heavy atom. The number of aliphatic carboxylic acids is 1. The summed E-state index contributed by atoms with van der Waals surface area (Å²) >= 11 is 0. The average Bonchev–Trinajstić information content (AvgIpc) is 2.92. The number of aliphatic hydroxyl groups is 4. The number of likely N-dealkylation sites (tertiary alicyclic amines) is 1. The molecule has 3 aliphatic carbocycles. The Morgan fingerprint density at radius 3 is 2.48 bits per heavy atom. The van der Waals surface area contributed by atoms with Gasteiger partial charge in [-0.2, -0.15) is 0 Å². The van der Waals surface area contributed by atoms with E-state index in [9.17, 15) is 49.8 Å². The first-order valence-electron chi connectivity index (χ1n) is 13.8. The number of carboxylic acids is 1. The zero-order chi connectivity index (χ0) is 30.9. The van der Waals surface area contributed by atoms with Crippen molar-refractivity contribution in [2.24, 2.45) is 17.8 Å². The first kappa shape index (κ1) is 29.7. The number of phenols is 1. The molecule has 7 N–H and O–H groups in total. The molecule has 13 heteroatoms. The van der Waals surface area contributed by atoms with Crippen molar-refractivity contribution in [1.29, 1.82) is 0 Å². The molecule has 226 valence electrons. The Morgan fingerprint density at radius 1 is 1.14 bits per heavy atom. The van der Waals surface area contributed by atoms with Crippen LogP contribution < -0.4 is 5.32 Å². The highest BCUT2D eigenvalue weighted by Gasteiger charge is 2.66. The third-order valence-electron chi connectivity index (χ3n) is 9.32. The quantitative estimate of drug-likeness (QED) is 0.228. The van der Waals surface area contributed by atoms with Crippen LogP contribution in [-0.2, 0) is 24.8 Å². The fraction of sp³-hybridized carbons (Fsp3) is 0.517. The predicted molar refractivity (Wildman–Crippen MR) is 146 cm³/mol. The third kappa shape index (κ3) is 4.22. The summed E-state index contributed by atoms with van der Waals surface area (Å²) in [7, 11) is 3.03. The number of benzene rings is 1. The van der Waals surface area contributed by atoms with Gasteiger partial charge in [-0.25, -0.2) is 0 Å². The number of nitrogens with zero attached hydrogens (tertiary/aromatic N) is 2. The zero-order valence-corrected chi connectivity index (χ0v) is 23.5. The monoisotopic (exact) mass is 585 g/mol. The number of aliphatic hydroxyl groups excluding tert-OH is 2. The van der Waals surface area contributed by atoms with E-state index in [0.717, 1.165) is 0 Å². The Hall–Kier alpha value is -3.78. The molecule has 42 heavy (non-hydrogen) atoms. The predicted octanol–water partition coefficient (Wildman–Crippen LogP) is 0.0140. The number of phenolic OH excluding ortho intramolecular Hbond substituents is 1. The molecule has 2 fully saturated rings. The van der Waals surface area contributed by atoms with Gasteiger partial charge in [0.1, 0.15) is 22.8 Å². The molecule has 0 radical (unpaired) electrons. The summed E-state index contributed by atoms with van der Waals surface area (Å²) in [5.74, 6) is -9.36. The number of hydrogen-bond acceptors (Lipinski definition) is 11. The largest absolute Gasteiger partial charge is 0.508 e. The van der Waals surface area contributed by atoms with Gasteiger partial charge in [-0.15, -0.1) is 0 Å². The Balaban J connectivity index is 1.57. The number of piperidine rings is 1. The molecule has 5 rings (SSSR count). The zero-order valence-electron chi connectivity index (χ0n) is 23.5. The van der Waals surface area contributed by atoms with Crippen LogP contribution in [0.1, 0.15) is 37.3 Å². The highest BCUT2D eigenvalue weighted by atomic mass is 16.4. The summed E-state index contributed by atoms with van der Waals surface area (Å²) in [4.78, 5) is 55.7. The number of nitrogens with one attached hydrogen (secondary N) is 1. The van der Waals surface area contributed by atoms with Crippen LogP contribution in [0.2, 0.25) is 0 Å². The number of rotatable bonds is 5. The van der Waals surface area contributed by atoms with E-state index in [1.54, 1.807) is 4.90 Å². The lowest BCUT2D eigenvalue weighted by Crippen LogP contribution is -2.67. The van der Waals surface area contributed by atoms with E-state index < -0.39 is 86.9 Å². The van der Waals surface area contributed by atoms with E-state index in [2.05, 4.69) is 5.32 Å². The molecule has 1 aliphatic heterocycles. The van der Waals surface area contributed by atoms with Gasteiger partial charge in [-0.3, -0.25) is 29.0 Å². The van der Waals surface area contributed by atoms with Gasteiger partial charge in [0.05, 0.1) is 29.8 Å². The fourth-order valence-electron chi connectivity index (χ4n) is 7.16. The number of ketones is 2. The maximum atomic E-state index is 14.1. The molecule has 1 unspecified atom stereocenters. The van der Waals surface area contributed by atoms with Crippen LogP contribution >= 0.6 is 0 Å². The smallest absolute Gasteiger partial charge is 0.307 e. The summed E-state index contributed by atoms with van der Waals surface area (Å²) in [6, 6.07) is 2.95. The summed E-state index contributed by atoms with van der Waals surface area (Å²) in [5, 5.41) is 68.5. The minimum absolute atomic E-state index is 0.137. The van der Waals surface area contributed by atoms with Crippen LogP contribution in [0, 0.1) is 17.8 Å².